The number of rotatable bonds is 2. The van der Waals surface area contributed by atoms with Gasteiger partial charge in [0.2, 0.25) is 0 Å². The molecule has 0 unspecified atom stereocenters. The van der Waals surface area contributed by atoms with Crippen molar-refractivity contribution >= 4 is 11.3 Å². The molecule has 1 aromatic rings. The minimum Gasteiger partial charge on any atom is -0.330 e. The smallest absolute Gasteiger partial charge is 0.261 e. The van der Waals surface area contributed by atoms with Crippen LogP contribution in [0.1, 0.15) is 10.8 Å². The SMILES string of the molecule is NC[C@H]1[C@@H](c2cccs2)C1(F)F. The third-order valence-corrected chi connectivity index (χ3v) is 3.26. The van der Waals surface area contributed by atoms with Gasteiger partial charge in [-0.3, -0.25) is 0 Å². The molecule has 2 atom stereocenters. The highest BCUT2D eigenvalue weighted by molar-refractivity contribution is 7.10. The number of hydrogen-bond donors (Lipinski definition) is 1. The molecule has 1 saturated carbocycles. The molecule has 1 aliphatic rings. The molecule has 0 saturated heterocycles. The highest BCUT2D eigenvalue weighted by atomic mass is 32.1. The molecule has 1 nitrogen and oxygen atoms in total. The van der Waals surface area contributed by atoms with E-state index in [9.17, 15) is 8.78 Å². The minimum absolute atomic E-state index is 0.0789. The summed E-state index contributed by atoms with van der Waals surface area (Å²) in [6.07, 6.45) is 0. The third kappa shape index (κ3) is 0.983. The largest absolute Gasteiger partial charge is 0.330 e. The fourth-order valence-corrected chi connectivity index (χ4v) is 2.48. The molecule has 2 rings (SSSR count). The van der Waals surface area contributed by atoms with Gasteiger partial charge in [0.15, 0.2) is 0 Å². The topological polar surface area (TPSA) is 26.0 Å². The van der Waals surface area contributed by atoms with Gasteiger partial charge in [-0.2, -0.15) is 0 Å². The maximum absolute atomic E-state index is 13.0. The van der Waals surface area contributed by atoms with E-state index in [-0.39, 0.29) is 6.54 Å². The minimum atomic E-state index is -2.56. The monoisotopic (exact) mass is 189 g/mol. The maximum atomic E-state index is 13.0. The lowest BCUT2D eigenvalue weighted by Gasteiger charge is -1.90. The van der Waals surface area contributed by atoms with Gasteiger partial charge in [0, 0.05) is 17.3 Å². The van der Waals surface area contributed by atoms with Crippen LogP contribution in [0.3, 0.4) is 0 Å². The second kappa shape index (κ2) is 2.50. The molecular formula is C8H9F2NS. The fourth-order valence-electron chi connectivity index (χ4n) is 1.54. The van der Waals surface area contributed by atoms with E-state index in [4.69, 9.17) is 5.73 Å². The lowest BCUT2D eigenvalue weighted by atomic mass is 10.3. The molecule has 66 valence electrons. The second-order valence-electron chi connectivity index (χ2n) is 3.01. The first-order valence-electron chi connectivity index (χ1n) is 3.79. The highest BCUT2D eigenvalue weighted by Gasteiger charge is 2.68. The average Bonchev–Trinajstić information content (AvgIpc) is 2.50. The van der Waals surface area contributed by atoms with E-state index < -0.39 is 17.8 Å². The Bertz CT molecular complexity index is 271. The fraction of sp³-hybridized carbons (Fsp3) is 0.500. The second-order valence-corrected chi connectivity index (χ2v) is 3.99. The van der Waals surface area contributed by atoms with E-state index in [2.05, 4.69) is 0 Å². The summed E-state index contributed by atoms with van der Waals surface area (Å²) in [6, 6.07) is 3.54. The van der Waals surface area contributed by atoms with Crippen molar-refractivity contribution in [3.63, 3.8) is 0 Å². The molecule has 12 heavy (non-hydrogen) atoms. The van der Waals surface area contributed by atoms with Crippen LogP contribution < -0.4 is 5.73 Å². The first kappa shape index (κ1) is 8.13. The summed E-state index contributed by atoms with van der Waals surface area (Å²) in [6.45, 7) is 0.0789. The van der Waals surface area contributed by atoms with E-state index in [1.54, 1.807) is 12.1 Å². The van der Waals surface area contributed by atoms with E-state index >= 15 is 0 Å². The zero-order chi connectivity index (χ0) is 8.77. The lowest BCUT2D eigenvalue weighted by molar-refractivity contribution is 0.0950. The Labute approximate surface area is 73.2 Å². The first-order valence-corrected chi connectivity index (χ1v) is 4.67. The van der Waals surface area contributed by atoms with Gasteiger partial charge in [-0.15, -0.1) is 11.3 Å². The lowest BCUT2D eigenvalue weighted by Crippen LogP contribution is -2.06. The van der Waals surface area contributed by atoms with Crippen LogP contribution >= 0.6 is 11.3 Å². The zero-order valence-electron chi connectivity index (χ0n) is 6.34. The number of thiophene rings is 1. The molecule has 0 bridgehead atoms. The highest BCUT2D eigenvalue weighted by Crippen LogP contribution is 2.61. The van der Waals surface area contributed by atoms with Crippen LogP contribution in [0.15, 0.2) is 17.5 Å². The molecule has 1 aliphatic carbocycles. The molecule has 0 aromatic carbocycles. The summed E-state index contributed by atoms with van der Waals surface area (Å²) < 4.78 is 25.9. The summed E-state index contributed by atoms with van der Waals surface area (Å²) >= 11 is 1.38. The summed E-state index contributed by atoms with van der Waals surface area (Å²) in [5.41, 5.74) is 5.23. The molecule has 1 fully saturated rings. The van der Waals surface area contributed by atoms with Crippen LogP contribution in [0, 0.1) is 5.92 Å². The van der Waals surface area contributed by atoms with Crippen molar-refractivity contribution in [2.24, 2.45) is 11.7 Å². The third-order valence-electron chi connectivity index (χ3n) is 2.31. The van der Waals surface area contributed by atoms with Crippen molar-refractivity contribution in [2.45, 2.75) is 11.8 Å². The van der Waals surface area contributed by atoms with Crippen LogP contribution in [-0.2, 0) is 0 Å². The zero-order valence-corrected chi connectivity index (χ0v) is 7.15. The van der Waals surface area contributed by atoms with Crippen LogP contribution in [-0.4, -0.2) is 12.5 Å². The number of hydrogen-bond acceptors (Lipinski definition) is 2. The Balaban J connectivity index is 2.19. The Morgan fingerprint density at radius 3 is 2.75 bits per heavy atom. The quantitative estimate of drug-likeness (QED) is 0.757. The Morgan fingerprint density at radius 2 is 2.33 bits per heavy atom. The van der Waals surface area contributed by atoms with E-state index in [0.29, 0.717) is 0 Å². The molecular weight excluding hydrogens is 180 g/mol. The Kier molecular flexibility index (Phi) is 1.70. The Morgan fingerprint density at radius 1 is 1.58 bits per heavy atom. The van der Waals surface area contributed by atoms with Crippen molar-refractivity contribution in [3.8, 4) is 0 Å². The predicted molar refractivity (Wildman–Crippen MR) is 44.6 cm³/mol. The first-order chi connectivity index (χ1) is 5.68. The van der Waals surface area contributed by atoms with Crippen LogP contribution in [0.5, 0.6) is 0 Å². The van der Waals surface area contributed by atoms with Crippen molar-refractivity contribution in [1.29, 1.82) is 0 Å². The summed E-state index contributed by atoms with van der Waals surface area (Å²) in [5, 5.41) is 1.82. The van der Waals surface area contributed by atoms with Crippen LogP contribution in [0.25, 0.3) is 0 Å². The normalized spacial score (nSPS) is 31.9. The van der Waals surface area contributed by atoms with E-state index in [1.165, 1.54) is 11.3 Å². The van der Waals surface area contributed by atoms with Gasteiger partial charge in [0.25, 0.3) is 5.92 Å². The molecule has 0 amide bonds. The molecule has 4 heteroatoms. The van der Waals surface area contributed by atoms with Gasteiger partial charge in [0.05, 0.1) is 5.92 Å². The van der Waals surface area contributed by atoms with Crippen molar-refractivity contribution in [1.82, 2.24) is 0 Å². The van der Waals surface area contributed by atoms with Crippen molar-refractivity contribution in [2.75, 3.05) is 6.54 Å². The molecule has 2 N–H and O–H groups in total. The van der Waals surface area contributed by atoms with Gasteiger partial charge in [-0.1, -0.05) is 6.07 Å². The van der Waals surface area contributed by atoms with E-state index in [1.807, 2.05) is 5.38 Å². The molecule has 0 aliphatic heterocycles. The summed E-state index contributed by atoms with van der Waals surface area (Å²) in [5.74, 6) is -3.79. The average molecular weight is 189 g/mol. The summed E-state index contributed by atoms with van der Waals surface area (Å²) in [4.78, 5) is 0.760. The molecule has 1 aromatic heterocycles. The van der Waals surface area contributed by atoms with Crippen LogP contribution in [0.2, 0.25) is 0 Å². The standard InChI is InChI=1S/C8H9F2NS/c9-8(10)5(4-11)7(8)6-2-1-3-12-6/h1-3,5,7H,4,11H2/t5-,7-/m0/s1. The van der Waals surface area contributed by atoms with Gasteiger partial charge in [-0.25, -0.2) is 8.78 Å². The van der Waals surface area contributed by atoms with Crippen molar-refractivity contribution < 1.29 is 8.78 Å². The van der Waals surface area contributed by atoms with Gasteiger partial charge in [0.1, 0.15) is 0 Å². The Hall–Kier alpha value is -0.480. The number of nitrogens with two attached hydrogens (primary N) is 1. The number of halogens is 2. The molecule has 0 radical (unpaired) electrons. The predicted octanol–water partition coefficient (Wildman–Crippen LogP) is 2.06. The van der Waals surface area contributed by atoms with E-state index in [0.717, 1.165) is 4.88 Å². The van der Waals surface area contributed by atoms with Gasteiger partial charge in [-0.05, 0) is 11.4 Å². The maximum Gasteiger partial charge on any atom is 0.261 e. The molecule has 0 spiro atoms. The van der Waals surface area contributed by atoms with Crippen LogP contribution in [0.4, 0.5) is 8.78 Å². The number of alkyl halides is 2. The van der Waals surface area contributed by atoms with Crippen molar-refractivity contribution in [3.05, 3.63) is 22.4 Å². The molecule has 1 heterocycles. The van der Waals surface area contributed by atoms with Gasteiger partial charge < -0.3 is 5.73 Å². The summed E-state index contributed by atoms with van der Waals surface area (Å²) in [7, 11) is 0. The van der Waals surface area contributed by atoms with Gasteiger partial charge >= 0.3 is 0 Å².